The number of nitrogens with one attached hydrogen (secondary N) is 1. The fourth-order valence-electron chi connectivity index (χ4n) is 5.38. The number of likely N-dealkylation sites (tertiary alicyclic amines) is 1. The Morgan fingerprint density at radius 3 is 2.24 bits per heavy atom. The summed E-state index contributed by atoms with van der Waals surface area (Å²) < 4.78 is 39.5. The highest BCUT2D eigenvalue weighted by Crippen LogP contribution is 2.53. The van der Waals surface area contributed by atoms with Crippen molar-refractivity contribution < 1.29 is 27.6 Å². The van der Waals surface area contributed by atoms with Gasteiger partial charge in [0.05, 0.1) is 28.1 Å². The molecule has 34 heavy (non-hydrogen) atoms. The molecule has 1 heterocycles. The van der Waals surface area contributed by atoms with Crippen LogP contribution in [0.5, 0.6) is 0 Å². The number of fused-ring (bicyclic) bond motifs is 5. The maximum atomic E-state index is 13.4. The average molecular weight is 489 g/mol. The highest BCUT2D eigenvalue weighted by atomic mass is 35.5. The number of amides is 3. The van der Waals surface area contributed by atoms with Gasteiger partial charge in [-0.25, -0.2) is 0 Å². The van der Waals surface area contributed by atoms with E-state index < -0.39 is 47.3 Å². The van der Waals surface area contributed by atoms with Crippen LogP contribution >= 0.6 is 11.6 Å². The fourth-order valence-corrected chi connectivity index (χ4v) is 5.55. The summed E-state index contributed by atoms with van der Waals surface area (Å²) in [6, 6.07) is 10.2. The molecule has 2 fully saturated rings. The number of anilines is 1. The lowest BCUT2D eigenvalue weighted by molar-refractivity contribution is -0.147. The maximum Gasteiger partial charge on any atom is 0.416 e. The van der Waals surface area contributed by atoms with E-state index in [1.807, 2.05) is 12.2 Å². The number of nitrogens with zero attached hydrogens (tertiary/aromatic N) is 1. The third kappa shape index (κ3) is 3.79. The second kappa shape index (κ2) is 8.27. The van der Waals surface area contributed by atoms with Gasteiger partial charge in [0.1, 0.15) is 6.04 Å². The van der Waals surface area contributed by atoms with Gasteiger partial charge in [0, 0.05) is 6.42 Å². The van der Waals surface area contributed by atoms with E-state index in [4.69, 9.17) is 11.6 Å². The molecule has 3 aliphatic rings. The molecule has 1 saturated heterocycles. The quantitative estimate of drug-likeness (QED) is 0.489. The normalized spacial score (nSPS) is 26.2. The predicted molar refractivity (Wildman–Crippen MR) is 119 cm³/mol. The first-order chi connectivity index (χ1) is 16.1. The van der Waals surface area contributed by atoms with Crippen molar-refractivity contribution >= 4 is 35.0 Å². The van der Waals surface area contributed by atoms with Crippen LogP contribution in [-0.2, 0) is 27.0 Å². The van der Waals surface area contributed by atoms with Gasteiger partial charge in [0.15, 0.2) is 0 Å². The number of halogens is 4. The SMILES string of the molecule is O=C(Nc1cc(C(F)(F)F)ccc1Cl)C(Cc1ccccc1)N1C(=O)C2C3C=CC(C3)C2C1=O. The Kier molecular flexibility index (Phi) is 5.51. The van der Waals surface area contributed by atoms with Crippen LogP contribution in [-0.4, -0.2) is 28.7 Å². The number of imide groups is 1. The largest absolute Gasteiger partial charge is 0.416 e. The Bertz CT molecular complexity index is 1170. The van der Waals surface area contributed by atoms with E-state index in [1.165, 1.54) is 0 Å². The summed E-state index contributed by atoms with van der Waals surface area (Å²) >= 11 is 6.06. The number of hydrogen-bond donors (Lipinski definition) is 1. The minimum absolute atomic E-state index is 0.0307. The predicted octanol–water partition coefficient (Wildman–Crippen LogP) is 4.72. The van der Waals surface area contributed by atoms with Gasteiger partial charge in [0.25, 0.3) is 0 Å². The Labute approximate surface area is 198 Å². The van der Waals surface area contributed by atoms with E-state index in [-0.39, 0.29) is 29.0 Å². The van der Waals surface area contributed by atoms with Crippen molar-refractivity contribution in [2.24, 2.45) is 23.7 Å². The average Bonchev–Trinajstić information content (AvgIpc) is 3.47. The summed E-state index contributed by atoms with van der Waals surface area (Å²) in [6.07, 6.45) is 0.0570. The van der Waals surface area contributed by atoms with Crippen LogP contribution in [0.15, 0.2) is 60.7 Å². The first kappa shape index (κ1) is 22.7. The van der Waals surface area contributed by atoms with Gasteiger partial charge in [0.2, 0.25) is 17.7 Å². The summed E-state index contributed by atoms with van der Waals surface area (Å²) in [7, 11) is 0. The number of carbonyl (C=O) groups is 3. The smallest absolute Gasteiger partial charge is 0.323 e. The summed E-state index contributed by atoms with van der Waals surface area (Å²) in [5.41, 5.74) is -0.505. The second-order valence-corrected chi connectivity index (χ2v) is 9.34. The highest BCUT2D eigenvalue weighted by Gasteiger charge is 2.61. The molecule has 5 nitrogen and oxygen atoms in total. The van der Waals surface area contributed by atoms with Gasteiger partial charge in [-0.05, 0) is 42.0 Å². The Morgan fingerprint density at radius 2 is 1.65 bits per heavy atom. The van der Waals surface area contributed by atoms with Gasteiger partial charge < -0.3 is 5.32 Å². The van der Waals surface area contributed by atoms with Crippen LogP contribution in [0, 0.1) is 23.7 Å². The third-order valence-corrected chi connectivity index (χ3v) is 7.27. The number of carbonyl (C=O) groups excluding carboxylic acids is 3. The van der Waals surface area contributed by atoms with E-state index in [9.17, 15) is 27.6 Å². The molecule has 2 aromatic rings. The molecular weight excluding hydrogens is 469 g/mol. The number of benzene rings is 2. The van der Waals surface area contributed by atoms with Crippen molar-refractivity contribution in [3.05, 3.63) is 76.8 Å². The van der Waals surface area contributed by atoms with Crippen molar-refractivity contribution in [3.63, 3.8) is 0 Å². The van der Waals surface area contributed by atoms with E-state index in [0.29, 0.717) is 5.56 Å². The molecule has 5 atom stereocenters. The zero-order valence-corrected chi connectivity index (χ0v) is 18.5. The standard InChI is InChI=1S/C25H20ClF3N2O3/c26-17-9-8-16(25(27,28)29)12-18(17)30-22(32)19(10-13-4-2-1-3-5-13)31-23(33)20-14-6-7-15(11-14)21(20)24(31)34/h1-9,12,14-15,19-21H,10-11H2,(H,30,32). The van der Waals surface area contributed by atoms with Crippen LogP contribution in [0.1, 0.15) is 17.5 Å². The minimum atomic E-state index is -4.63. The van der Waals surface area contributed by atoms with Gasteiger partial charge >= 0.3 is 6.18 Å². The monoisotopic (exact) mass is 488 g/mol. The molecule has 1 aliphatic heterocycles. The highest BCUT2D eigenvalue weighted by molar-refractivity contribution is 6.33. The number of hydrogen-bond acceptors (Lipinski definition) is 3. The van der Waals surface area contributed by atoms with Crippen LogP contribution in [0.3, 0.4) is 0 Å². The lowest BCUT2D eigenvalue weighted by Crippen LogP contribution is -2.49. The zero-order valence-electron chi connectivity index (χ0n) is 17.8. The second-order valence-electron chi connectivity index (χ2n) is 8.93. The topological polar surface area (TPSA) is 66.5 Å². The van der Waals surface area contributed by atoms with Crippen molar-refractivity contribution in [2.75, 3.05) is 5.32 Å². The molecule has 2 aromatic carbocycles. The molecular formula is C25H20ClF3N2O3. The molecule has 0 spiro atoms. The Morgan fingerprint density at radius 1 is 1.03 bits per heavy atom. The molecule has 9 heteroatoms. The number of allylic oxidation sites excluding steroid dienone is 2. The number of rotatable bonds is 5. The van der Waals surface area contributed by atoms with Gasteiger partial charge in [-0.3, -0.25) is 19.3 Å². The minimum Gasteiger partial charge on any atom is -0.323 e. The first-order valence-electron chi connectivity index (χ1n) is 10.9. The third-order valence-electron chi connectivity index (χ3n) is 6.94. The lowest BCUT2D eigenvalue weighted by atomic mass is 9.85. The van der Waals surface area contributed by atoms with Crippen molar-refractivity contribution in [2.45, 2.75) is 25.1 Å². The zero-order chi connectivity index (χ0) is 24.2. The van der Waals surface area contributed by atoms with Crippen molar-refractivity contribution in [3.8, 4) is 0 Å². The Balaban J connectivity index is 1.47. The van der Waals surface area contributed by atoms with Crippen LogP contribution in [0.2, 0.25) is 5.02 Å². The van der Waals surface area contributed by atoms with Crippen LogP contribution in [0.4, 0.5) is 18.9 Å². The van der Waals surface area contributed by atoms with Crippen molar-refractivity contribution in [1.82, 2.24) is 4.90 Å². The summed E-state index contributed by atoms with van der Waals surface area (Å²) in [5.74, 6) is -2.63. The molecule has 2 aliphatic carbocycles. The summed E-state index contributed by atoms with van der Waals surface area (Å²) in [6.45, 7) is 0. The fraction of sp³-hybridized carbons (Fsp3) is 0.320. The summed E-state index contributed by atoms with van der Waals surface area (Å²) in [4.78, 5) is 41.1. The summed E-state index contributed by atoms with van der Waals surface area (Å²) in [5, 5.41) is 2.35. The molecule has 1 N–H and O–H groups in total. The molecule has 2 bridgehead atoms. The molecule has 0 radical (unpaired) electrons. The van der Waals surface area contributed by atoms with Crippen molar-refractivity contribution in [1.29, 1.82) is 0 Å². The molecule has 1 saturated carbocycles. The van der Waals surface area contributed by atoms with E-state index in [1.54, 1.807) is 30.3 Å². The van der Waals surface area contributed by atoms with E-state index >= 15 is 0 Å². The molecule has 5 unspecified atom stereocenters. The first-order valence-corrected chi connectivity index (χ1v) is 11.3. The van der Waals surface area contributed by atoms with Gasteiger partial charge in [-0.1, -0.05) is 54.1 Å². The van der Waals surface area contributed by atoms with E-state index in [0.717, 1.165) is 29.5 Å². The molecule has 5 rings (SSSR count). The van der Waals surface area contributed by atoms with Gasteiger partial charge in [-0.2, -0.15) is 13.2 Å². The van der Waals surface area contributed by atoms with Crippen LogP contribution in [0.25, 0.3) is 0 Å². The lowest BCUT2D eigenvalue weighted by Gasteiger charge is -2.27. The molecule has 0 aromatic heterocycles. The van der Waals surface area contributed by atoms with E-state index in [2.05, 4.69) is 5.32 Å². The number of alkyl halides is 3. The maximum absolute atomic E-state index is 13.4. The van der Waals surface area contributed by atoms with Crippen LogP contribution < -0.4 is 5.32 Å². The Hall–Kier alpha value is -3.13. The molecule has 3 amide bonds. The van der Waals surface area contributed by atoms with Gasteiger partial charge in [-0.15, -0.1) is 0 Å². The molecule has 176 valence electrons.